The van der Waals surface area contributed by atoms with Gasteiger partial charge in [-0.05, 0) is 53.7 Å². The Bertz CT molecular complexity index is 929. The SMILES string of the molecule is COc1ccc(/C=C2\SC(=Nc3ccc(Cl)cc3Cl)NC2=O)cc1OC. The number of rotatable bonds is 4. The average molecular weight is 409 g/mol. The van der Waals surface area contributed by atoms with Crippen molar-refractivity contribution in [3.8, 4) is 11.5 Å². The second-order valence-electron chi connectivity index (χ2n) is 5.19. The third kappa shape index (κ3) is 4.15. The van der Waals surface area contributed by atoms with E-state index in [0.29, 0.717) is 37.3 Å². The van der Waals surface area contributed by atoms with Crippen LogP contribution in [0.15, 0.2) is 46.3 Å². The molecule has 3 rings (SSSR count). The van der Waals surface area contributed by atoms with E-state index >= 15 is 0 Å². The van der Waals surface area contributed by atoms with Crippen LogP contribution in [0, 0.1) is 0 Å². The quantitative estimate of drug-likeness (QED) is 0.730. The van der Waals surface area contributed by atoms with Gasteiger partial charge < -0.3 is 14.8 Å². The van der Waals surface area contributed by atoms with Crippen molar-refractivity contribution >= 4 is 57.8 Å². The number of thioether (sulfide) groups is 1. The van der Waals surface area contributed by atoms with E-state index in [1.165, 1.54) is 11.8 Å². The van der Waals surface area contributed by atoms with E-state index in [4.69, 9.17) is 32.7 Å². The highest BCUT2D eigenvalue weighted by molar-refractivity contribution is 8.18. The van der Waals surface area contributed by atoms with Crippen molar-refractivity contribution in [1.82, 2.24) is 5.32 Å². The molecular weight excluding hydrogens is 395 g/mol. The minimum Gasteiger partial charge on any atom is -0.493 e. The van der Waals surface area contributed by atoms with Gasteiger partial charge in [-0.25, -0.2) is 4.99 Å². The van der Waals surface area contributed by atoms with Crippen LogP contribution in [0.1, 0.15) is 5.56 Å². The van der Waals surface area contributed by atoms with Gasteiger partial charge in [0.25, 0.3) is 5.91 Å². The number of nitrogens with zero attached hydrogens (tertiary/aromatic N) is 1. The summed E-state index contributed by atoms with van der Waals surface area (Å²) in [5, 5.41) is 4.11. The number of carbonyl (C=O) groups is 1. The zero-order chi connectivity index (χ0) is 18.7. The van der Waals surface area contributed by atoms with Gasteiger partial charge in [-0.1, -0.05) is 29.3 Å². The first-order valence-electron chi connectivity index (χ1n) is 7.47. The molecule has 0 bridgehead atoms. The van der Waals surface area contributed by atoms with Crippen LogP contribution >= 0.6 is 35.0 Å². The molecule has 134 valence electrons. The summed E-state index contributed by atoms with van der Waals surface area (Å²) < 4.78 is 10.5. The minimum absolute atomic E-state index is 0.228. The third-order valence-corrected chi connectivity index (χ3v) is 4.94. The van der Waals surface area contributed by atoms with E-state index in [1.54, 1.807) is 50.6 Å². The van der Waals surface area contributed by atoms with Crippen molar-refractivity contribution in [2.24, 2.45) is 4.99 Å². The summed E-state index contributed by atoms with van der Waals surface area (Å²) in [7, 11) is 3.13. The monoisotopic (exact) mass is 408 g/mol. The smallest absolute Gasteiger partial charge is 0.264 e. The lowest BCUT2D eigenvalue weighted by Crippen LogP contribution is -2.19. The second kappa shape index (κ2) is 8.03. The largest absolute Gasteiger partial charge is 0.493 e. The van der Waals surface area contributed by atoms with Crippen LogP contribution in [0.5, 0.6) is 11.5 Å². The fourth-order valence-corrected chi connectivity index (χ4v) is 3.54. The maximum Gasteiger partial charge on any atom is 0.264 e. The van der Waals surface area contributed by atoms with Gasteiger partial charge in [-0.15, -0.1) is 0 Å². The first-order valence-corrected chi connectivity index (χ1v) is 9.04. The number of benzene rings is 2. The lowest BCUT2D eigenvalue weighted by atomic mass is 10.2. The number of ether oxygens (including phenoxy) is 2. The molecule has 0 aromatic heterocycles. The molecule has 5 nitrogen and oxygen atoms in total. The summed E-state index contributed by atoms with van der Waals surface area (Å²) in [5.41, 5.74) is 1.34. The summed E-state index contributed by atoms with van der Waals surface area (Å²) in [4.78, 5) is 17.1. The molecule has 0 spiro atoms. The van der Waals surface area contributed by atoms with Crippen molar-refractivity contribution in [1.29, 1.82) is 0 Å². The van der Waals surface area contributed by atoms with Crippen LogP contribution in [0.3, 0.4) is 0 Å². The van der Waals surface area contributed by atoms with Gasteiger partial charge in [-0.3, -0.25) is 4.79 Å². The van der Waals surface area contributed by atoms with Crippen molar-refractivity contribution in [3.63, 3.8) is 0 Å². The van der Waals surface area contributed by atoms with Crippen molar-refractivity contribution in [2.45, 2.75) is 0 Å². The summed E-state index contributed by atoms with van der Waals surface area (Å²) in [5.74, 6) is 0.985. The van der Waals surface area contributed by atoms with Gasteiger partial charge in [0.05, 0.1) is 29.8 Å². The molecule has 1 heterocycles. The fraction of sp³-hybridized carbons (Fsp3) is 0.111. The lowest BCUT2D eigenvalue weighted by Gasteiger charge is -2.07. The summed E-state index contributed by atoms with van der Waals surface area (Å²) in [6, 6.07) is 10.4. The van der Waals surface area contributed by atoms with Crippen LogP contribution in [0.4, 0.5) is 5.69 Å². The highest BCUT2D eigenvalue weighted by Crippen LogP contribution is 2.33. The van der Waals surface area contributed by atoms with Gasteiger partial charge in [0, 0.05) is 5.02 Å². The van der Waals surface area contributed by atoms with E-state index < -0.39 is 0 Å². The zero-order valence-electron chi connectivity index (χ0n) is 13.9. The molecule has 2 aromatic rings. The number of amidine groups is 1. The van der Waals surface area contributed by atoms with Crippen LogP contribution in [0.25, 0.3) is 6.08 Å². The van der Waals surface area contributed by atoms with E-state index in [1.807, 2.05) is 6.07 Å². The number of halogens is 2. The molecule has 1 amide bonds. The van der Waals surface area contributed by atoms with E-state index in [2.05, 4.69) is 10.3 Å². The molecule has 0 atom stereocenters. The molecule has 0 unspecified atom stereocenters. The molecule has 2 aromatic carbocycles. The predicted octanol–water partition coefficient (Wildman–Crippen LogP) is 4.90. The van der Waals surface area contributed by atoms with Gasteiger partial charge in [0.1, 0.15) is 0 Å². The van der Waals surface area contributed by atoms with E-state index in [-0.39, 0.29) is 5.91 Å². The molecular formula is C18H14Cl2N2O3S. The number of carbonyl (C=O) groups excluding carboxylic acids is 1. The number of hydrogen-bond acceptors (Lipinski definition) is 5. The fourth-order valence-electron chi connectivity index (χ4n) is 2.26. The Hall–Kier alpha value is -2.15. The Morgan fingerprint density at radius 2 is 1.85 bits per heavy atom. The van der Waals surface area contributed by atoms with E-state index in [0.717, 1.165) is 5.56 Å². The third-order valence-electron chi connectivity index (χ3n) is 3.49. The number of aliphatic imine (C=N–C) groups is 1. The van der Waals surface area contributed by atoms with Gasteiger partial charge in [0.2, 0.25) is 0 Å². The number of hydrogen-bond donors (Lipinski definition) is 1. The molecule has 0 saturated carbocycles. The molecule has 0 aliphatic carbocycles. The average Bonchev–Trinajstić information content (AvgIpc) is 2.96. The molecule has 8 heteroatoms. The maximum absolute atomic E-state index is 12.2. The topological polar surface area (TPSA) is 59.9 Å². The zero-order valence-corrected chi connectivity index (χ0v) is 16.2. The molecule has 1 aliphatic rings. The molecule has 0 radical (unpaired) electrons. The Balaban J connectivity index is 1.85. The second-order valence-corrected chi connectivity index (χ2v) is 7.07. The normalized spacial score (nSPS) is 16.8. The first-order chi connectivity index (χ1) is 12.5. The Morgan fingerprint density at radius 3 is 2.54 bits per heavy atom. The molecule has 1 fully saturated rings. The number of nitrogens with one attached hydrogen (secondary N) is 1. The predicted molar refractivity (Wildman–Crippen MR) is 107 cm³/mol. The standard InChI is InChI=1S/C18H14Cl2N2O3S/c1-24-14-6-3-10(7-15(14)25-2)8-16-17(23)22-18(26-16)21-13-5-4-11(19)9-12(13)20/h3-9H,1-2H3,(H,21,22,23)/b16-8-. The van der Waals surface area contributed by atoms with Crippen LogP contribution in [-0.4, -0.2) is 25.3 Å². The van der Waals surface area contributed by atoms with Crippen LogP contribution in [0.2, 0.25) is 10.0 Å². The number of amides is 1. The van der Waals surface area contributed by atoms with Crippen LogP contribution < -0.4 is 14.8 Å². The van der Waals surface area contributed by atoms with Crippen molar-refractivity contribution in [2.75, 3.05) is 14.2 Å². The van der Waals surface area contributed by atoms with Crippen molar-refractivity contribution < 1.29 is 14.3 Å². The molecule has 1 saturated heterocycles. The van der Waals surface area contributed by atoms with Crippen LogP contribution in [-0.2, 0) is 4.79 Å². The Kier molecular flexibility index (Phi) is 5.76. The molecule has 1 aliphatic heterocycles. The maximum atomic E-state index is 12.2. The summed E-state index contributed by atoms with van der Waals surface area (Å²) in [6.45, 7) is 0. The van der Waals surface area contributed by atoms with E-state index in [9.17, 15) is 4.79 Å². The summed E-state index contributed by atoms with van der Waals surface area (Å²) >= 11 is 13.2. The molecule has 1 N–H and O–H groups in total. The Labute approximate surface area is 165 Å². The Morgan fingerprint density at radius 1 is 1.08 bits per heavy atom. The van der Waals surface area contributed by atoms with Gasteiger partial charge in [0.15, 0.2) is 16.7 Å². The molecule has 26 heavy (non-hydrogen) atoms. The minimum atomic E-state index is -0.228. The van der Waals surface area contributed by atoms with Gasteiger partial charge >= 0.3 is 0 Å². The number of methoxy groups -OCH3 is 2. The lowest BCUT2D eigenvalue weighted by molar-refractivity contribution is -0.115. The highest BCUT2D eigenvalue weighted by Gasteiger charge is 2.24. The van der Waals surface area contributed by atoms with Gasteiger partial charge in [-0.2, -0.15) is 0 Å². The first kappa shape index (κ1) is 18.6. The summed E-state index contributed by atoms with van der Waals surface area (Å²) in [6.07, 6.45) is 1.76. The van der Waals surface area contributed by atoms with Crippen molar-refractivity contribution in [3.05, 3.63) is 56.9 Å². The highest BCUT2D eigenvalue weighted by atomic mass is 35.5.